The number of nitrogens with zero attached hydrogens (tertiary/aromatic N) is 1. The zero-order chi connectivity index (χ0) is 15.4. The van der Waals surface area contributed by atoms with Crippen molar-refractivity contribution in [1.29, 1.82) is 0 Å². The smallest absolute Gasteiger partial charge is 0.120 e. The van der Waals surface area contributed by atoms with Crippen LogP contribution in [0.2, 0.25) is 5.02 Å². The molecule has 0 radical (unpaired) electrons. The van der Waals surface area contributed by atoms with Crippen LogP contribution in [0.4, 0.5) is 5.69 Å². The van der Waals surface area contributed by atoms with Crippen molar-refractivity contribution in [3.63, 3.8) is 0 Å². The molecule has 0 aliphatic rings. The summed E-state index contributed by atoms with van der Waals surface area (Å²) in [4.78, 5) is 2.13. The second kappa shape index (κ2) is 7.16. The second-order valence-corrected chi connectivity index (χ2v) is 6.00. The van der Waals surface area contributed by atoms with Crippen molar-refractivity contribution in [2.75, 3.05) is 25.6 Å². The van der Waals surface area contributed by atoms with Gasteiger partial charge in [-0.15, -0.1) is 0 Å². The lowest BCUT2D eigenvalue weighted by Gasteiger charge is -2.30. The summed E-state index contributed by atoms with van der Waals surface area (Å²) in [6, 6.07) is 13.9. The number of hydrogen-bond donors (Lipinski definition) is 1. The van der Waals surface area contributed by atoms with Gasteiger partial charge in [0.1, 0.15) is 5.75 Å². The van der Waals surface area contributed by atoms with E-state index >= 15 is 0 Å². The average molecular weight is 370 g/mol. The van der Waals surface area contributed by atoms with Gasteiger partial charge in [-0.25, -0.2) is 0 Å². The molecule has 0 aromatic heterocycles. The highest BCUT2D eigenvalue weighted by atomic mass is 79.9. The SMILES string of the molecule is COc1cccc(N(C)C(CN)c2ccc(Br)c(Cl)c2)c1. The van der Waals surface area contributed by atoms with Crippen molar-refractivity contribution in [3.05, 3.63) is 57.5 Å². The summed E-state index contributed by atoms with van der Waals surface area (Å²) in [6.07, 6.45) is 0. The lowest BCUT2D eigenvalue weighted by atomic mass is 10.1. The van der Waals surface area contributed by atoms with Gasteiger partial charge in [0.2, 0.25) is 0 Å². The lowest BCUT2D eigenvalue weighted by Crippen LogP contribution is -2.30. The van der Waals surface area contributed by atoms with Crippen LogP contribution in [-0.4, -0.2) is 20.7 Å². The molecule has 3 nitrogen and oxygen atoms in total. The molecule has 0 amide bonds. The maximum absolute atomic E-state index is 6.19. The number of ether oxygens (including phenoxy) is 1. The Balaban J connectivity index is 2.32. The number of methoxy groups -OCH3 is 1. The van der Waals surface area contributed by atoms with Crippen LogP contribution in [0.3, 0.4) is 0 Å². The van der Waals surface area contributed by atoms with E-state index in [0.29, 0.717) is 11.6 Å². The summed E-state index contributed by atoms with van der Waals surface area (Å²) in [5.41, 5.74) is 8.10. The number of hydrogen-bond acceptors (Lipinski definition) is 3. The van der Waals surface area contributed by atoms with Gasteiger partial charge in [-0.2, -0.15) is 0 Å². The Morgan fingerprint density at radius 1 is 1.29 bits per heavy atom. The molecule has 0 bridgehead atoms. The Morgan fingerprint density at radius 3 is 2.67 bits per heavy atom. The van der Waals surface area contributed by atoms with Crippen LogP contribution < -0.4 is 15.4 Å². The summed E-state index contributed by atoms with van der Waals surface area (Å²) in [5, 5.41) is 0.685. The maximum Gasteiger partial charge on any atom is 0.120 e. The molecule has 0 fully saturated rings. The molecule has 1 atom stereocenters. The zero-order valence-electron chi connectivity index (χ0n) is 12.0. The predicted octanol–water partition coefficient (Wildman–Crippen LogP) is 4.25. The molecule has 2 aromatic carbocycles. The van der Waals surface area contributed by atoms with Crippen molar-refractivity contribution in [3.8, 4) is 5.75 Å². The molecule has 112 valence electrons. The fraction of sp³-hybridized carbons (Fsp3) is 0.250. The fourth-order valence-corrected chi connectivity index (χ4v) is 2.68. The number of anilines is 1. The number of rotatable bonds is 5. The van der Waals surface area contributed by atoms with E-state index in [4.69, 9.17) is 22.1 Å². The molecular formula is C16H18BrClN2O. The second-order valence-electron chi connectivity index (χ2n) is 4.74. The highest BCUT2D eigenvalue weighted by Gasteiger charge is 2.17. The summed E-state index contributed by atoms with van der Waals surface area (Å²) >= 11 is 9.59. The van der Waals surface area contributed by atoms with Crippen molar-refractivity contribution in [2.45, 2.75) is 6.04 Å². The summed E-state index contributed by atoms with van der Waals surface area (Å²) in [6.45, 7) is 0.492. The van der Waals surface area contributed by atoms with Crippen molar-refractivity contribution < 1.29 is 4.74 Å². The molecule has 2 rings (SSSR count). The minimum absolute atomic E-state index is 0.0442. The predicted molar refractivity (Wildman–Crippen MR) is 92.3 cm³/mol. The maximum atomic E-state index is 6.19. The van der Waals surface area contributed by atoms with E-state index in [2.05, 4.69) is 20.8 Å². The molecule has 0 saturated carbocycles. The Morgan fingerprint density at radius 2 is 2.05 bits per heavy atom. The number of nitrogens with two attached hydrogens (primary N) is 1. The summed E-state index contributed by atoms with van der Waals surface area (Å²) in [5.74, 6) is 0.823. The third kappa shape index (κ3) is 3.70. The molecule has 21 heavy (non-hydrogen) atoms. The Bertz CT molecular complexity index is 621. The molecular weight excluding hydrogens is 352 g/mol. The van der Waals surface area contributed by atoms with E-state index in [1.165, 1.54) is 0 Å². The first kappa shape index (κ1) is 16.1. The van der Waals surface area contributed by atoms with Gasteiger partial charge in [-0.05, 0) is 45.8 Å². The van der Waals surface area contributed by atoms with Crippen LogP contribution in [0.25, 0.3) is 0 Å². The zero-order valence-corrected chi connectivity index (χ0v) is 14.4. The number of halogens is 2. The summed E-state index contributed by atoms with van der Waals surface area (Å²) in [7, 11) is 3.68. The van der Waals surface area contributed by atoms with E-state index < -0.39 is 0 Å². The molecule has 1 unspecified atom stereocenters. The molecule has 2 N–H and O–H groups in total. The minimum Gasteiger partial charge on any atom is -0.497 e. The van der Waals surface area contributed by atoms with Gasteiger partial charge in [-0.3, -0.25) is 0 Å². The van der Waals surface area contributed by atoms with Crippen molar-refractivity contribution in [1.82, 2.24) is 0 Å². The molecule has 0 heterocycles. The fourth-order valence-electron chi connectivity index (χ4n) is 2.25. The first-order valence-corrected chi connectivity index (χ1v) is 7.75. The van der Waals surface area contributed by atoms with Crippen LogP contribution in [0.1, 0.15) is 11.6 Å². The van der Waals surface area contributed by atoms with Gasteiger partial charge < -0.3 is 15.4 Å². The molecule has 0 aliphatic carbocycles. The van der Waals surface area contributed by atoms with E-state index in [9.17, 15) is 0 Å². The largest absolute Gasteiger partial charge is 0.497 e. The van der Waals surface area contributed by atoms with E-state index in [1.807, 2.05) is 49.5 Å². The first-order valence-electron chi connectivity index (χ1n) is 6.58. The third-order valence-electron chi connectivity index (χ3n) is 3.48. The van der Waals surface area contributed by atoms with Gasteiger partial charge in [0.15, 0.2) is 0 Å². The lowest BCUT2D eigenvalue weighted by molar-refractivity contribution is 0.414. The topological polar surface area (TPSA) is 38.5 Å². The monoisotopic (exact) mass is 368 g/mol. The molecule has 5 heteroatoms. The number of likely N-dealkylation sites (N-methyl/N-ethyl adjacent to an activating group) is 1. The summed E-state index contributed by atoms with van der Waals surface area (Å²) < 4.78 is 6.16. The highest BCUT2D eigenvalue weighted by molar-refractivity contribution is 9.10. The normalized spacial score (nSPS) is 12.0. The average Bonchev–Trinajstić information content (AvgIpc) is 2.51. The quantitative estimate of drug-likeness (QED) is 0.856. The van der Waals surface area contributed by atoms with Gasteiger partial charge in [-0.1, -0.05) is 23.7 Å². The van der Waals surface area contributed by atoms with Crippen LogP contribution in [0.15, 0.2) is 46.9 Å². The Kier molecular flexibility index (Phi) is 5.51. The first-order chi connectivity index (χ1) is 10.1. The number of benzene rings is 2. The molecule has 0 spiro atoms. The van der Waals surface area contributed by atoms with Crippen molar-refractivity contribution in [2.24, 2.45) is 5.73 Å². The Labute approximate surface area is 138 Å². The van der Waals surface area contributed by atoms with Crippen LogP contribution >= 0.6 is 27.5 Å². The van der Waals surface area contributed by atoms with Crippen LogP contribution in [-0.2, 0) is 0 Å². The van der Waals surface area contributed by atoms with Crippen molar-refractivity contribution >= 4 is 33.2 Å². The van der Waals surface area contributed by atoms with Crippen LogP contribution in [0, 0.1) is 0 Å². The third-order valence-corrected chi connectivity index (χ3v) is 4.71. The van der Waals surface area contributed by atoms with E-state index in [1.54, 1.807) is 7.11 Å². The minimum atomic E-state index is 0.0442. The van der Waals surface area contributed by atoms with Gasteiger partial charge in [0.05, 0.1) is 18.2 Å². The standard InChI is InChI=1S/C16H18BrClN2O/c1-20(12-4-3-5-13(9-12)21-2)16(10-19)11-6-7-14(17)15(18)8-11/h3-9,16H,10,19H2,1-2H3. The molecule has 0 saturated heterocycles. The van der Waals surface area contributed by atoms with Gasteiger partial charge in [0.25, 0.3) is 0 Å². The highest BCUT2D eigenvalue weighted by Crippen LogP contribution is 2.31. The van der Waals surface area contributed by atoms with E-state index in [0.717, 1.165) is 21.5 Å². The van der Waals surface area contributed by atoms with Gasteiger partial charge >= 0.3 is 0 Å². The molecule has 0 aliphatic heterocycles. The Hall–Kier alpha value is -1.23. The van der Waals surface area contributed by atoms with Gasteiger partial charge in [0, 0.05) is 29.8 Å². The van der Waals surface area contributed by atoms with E-state index in [-0.39, 0.29) is 6.04 Å². The van der Waals surface area contributed by atoms with Crippen LogP contribution in [0.5, 0.6) is 5.75 Å². The molecule has 2 aromatic rings.